The molecule has 0 radical (unpaired) electrons. The number of amides is 2. The van der Waals surface area contributed by atoms with Crippen LogP contribution in [0.1, 0.15) is 33.5 Å². The molecule has 3 rings (SSSR count). The average molecular weight is 353 g/mol. The first-order valence-corrected chi connectivity index (χ1v) is 8.16. The lowest BCUT2D eigenvalue weighted by molar-refractivity contribution is 0.0958. The second-order valence-electron chi connectivity index (χ2n) is 5.72. The SMILES string of the molecule is CCn1cc(NC(=O)c2cc(-c3ccc(C)cc3)on2)c(C(=O)NC)n1. The van der Waals surface area contributed by atoms with E-state index in [1.54, 1.807) is 16.9 Å². The van der Waals surface area contributed by atoms with E-state index in [1.807, 2.05) is 38.1 Å². The molecule has 0 spiro atoms. The van der Waals surface area contributed by atoms with Gasteiger partial charge in [0.2, 0.25) is 0 Å². The van der Waals surface area contributed by atoms with Gasteiger partial charge in [-0.2, -0.15) is 5.10 Å². The standard InChI is InChI=1S/C18H19N5O3/c1-4-23-10-14(16(21-23)18(25)19-3)20-17(24)13-9-15(26-22-13)12-7-5-11(2)6-8-12/h5-10H,4H2,1-3H3,(H,19,25)(H,20,24). The summed E-state index contributed by atoms with van der Waals surface area (Å²) in [6, 6.07) is 9.25. The molecule has 0 aliphatic rings. The molecule has 2 aromatic heterocycles. The minimum atomic E-state index is -0.479. The Kier molecular flexibility index (Phi) is 4.83. The summed E-state index contributed by atoms with van der Waals surface area (Å²) >= 11 is 0. The Morgan fingerprint density at radius 3 is 2.58 bits per heavy atom. The fourth-order valence-electron chi connectivity index (χ4n) is 2.38. The maximum absolute atomic E-state index is 12.5. The predicted octanol–water partition coefficient (Wildman–Crippen LogP) is 2.48. The van der Waals surface area contributed by atoms with Gasteiger partial charge in [0, 0.05) is 31.4 Å². The van der Waals surface area contributed by atoms with Crippen LogP contribution in [0.5, 0.6) is 0 Å². The third kappa shape index (κ3) is 3.49. The number of hydrogen-bond acceptors (Lipinski definition) is 5. The highest BCUT2D eigenvalue weighted by molar-refractivity contribution is 6.07. The summed E-state index contributed by atoms with van der Waals surface area (Å²) in [6.07, 6.45) is 1.60. The molecule has 0 aliphatic carbocycles. The number of anilines is 1. The Bertz CT molecular complexity index is 940. The summed E-state index contributed by atoms with van der Waals surface area (Å²) in [5, 5.41) is 13.1. The van der Waals surface area contributed by atoms with Crippen molar-refractivity contribution in [2.24, 2.45) is 0 Å². The normalized spacial score (nSPS) is 10.6. The molecule has 0 bridgehead atoms. The maximum atomic E-state index is 12.5. The summed E-state index contributed by atoms with van der Waals surface area (Å²) in [5.74, 6) is -0.369. The number of rotatable bonds is 5. The number of aryl methyl sites for hydroxylation is 2. The summed E-state index contributed by atoms with van der Waals surface area (Å²) in [7, 11) is 1.50. The molecule has 0 aliphatic heterocycles. The van der Waals surface area contributed by atoms with Crippen LogP contribution in [-0.2, 0) is 6.54 Å². The summed E-state index contributed by atoms with van der Waals surface area (Å²) < 4.78 is 6.83. The van der Waals surface area contributed by atoms with Crippen molar-refractivity contribution >= 4 is 17.5 Å². The number of hydrogen-bond donors (Lipinski definition) is 2. The lowest BCUT2D eigenvalue weighted by Crippen LogP contribution is -2.21. The van der Waals surface area contributed by atoms with Gasteiger partial charge >= 0.3 is 0 Å². The van der Waals surface area contributed by atoms with Crippen molar-refractivity contribution in [3.05, 3.63) is 53.5 Å². The maximum Gasteiger partial charge on any atom is 0.277 e. The molecule has 26 heavy (non-hydrogen) atoms. The summed E-state index contributed by atoms with van der Waals surface area (Å²) in [4.78, 5) is 24.4. The molecular formula is C18H19N5O3. The number of aromatic nitrogens is 3. The molecule has 8 heteroatoms. The predicted molar refractivity (Wildman–Crippen MR) is 95.9 cm³/mol. The molecule has 2 heterocycles. The number of nitrogens with one attached hydrogen (secondary N) is 2. The number of carbonyl (C=O) groups is 2. The van der Waals surface area contributed by atoms with Crippen LogP contribution in [-0.4, -0.2) is 33.8 Å². The van der Waals surface area contributed by atoms with Crippen LogP contribution in [0.4, 0.5) is 5.69 Å². The largest absolute Gasteiger partial charge is 0.355 e. The number of nitrogens with zero attached hydrogens (tertiary/aromatic N) is 3. The molecule has 0 atom stereocenters. The lowest BCUT2D eigenvalue weighted by atomic mass is 10.1. The van der Waals surface area contributed by atoms with Gasteiger partial charge in [0.15, 0.2) is 17.1 Å². The summed E-state index contributed by atoms with van der Waals surface area (Å²) in [5.41, 5.74) is 2.53. The Morgan fingerprint density at radius 2 is 1.92 bits per heavy atom. The quantitative estimate of drug-likeness (QED) is 0.734. The molecule has 0 saturated heterocycles. The van der Waals surface area contributed by atoms with Crippen LogP contribution in [0.25, 0.3) is 11.3 Å². The zero-order chi connectivity index (χ0) is 18.7. The minimum Gasteiger partial charge on any atom is -0.355 e. The Morgan fingerprint density at radius 1 is 1.19 bits per heavy atom. The van der Waals surface area contributed by atoms with Crippen molar-refractivity contribution in [2.45, 2.75) is 20.4 Å². The van der Waals surface area contributed by atoms with Gasteiger partial charge in [-0.1, -0.05) is 35.0 Å². The van der Waals surface area contributed by atoms with Gasteiger partial charge in [0.05, 0.1) is 5.69 Å². The highest BCUT2D eigenvalue weighted by Crippen LogP contribution is 2.22. The average Bonchev–Trinajstić information content (AvgIpc) is 3.29. The van der Waals surface area contributed by atoms with Gasteiger partial charge in [0.1, 0.15) is 0 Å². The number of benzene rings is 1. The highest BCUT2D eigenvalue weighted by Gasteiger charge is 2.20. The van der Waals surface area contributed by atoms with Crippen molar-refractivity contribution in [3.63, 3.8) is 0 Å². The third-order valence-corrected chi connectivity index (χ3v) is 3.85. The van der Waals surface area contributed by atoms with Crippen LogP contribution >= 0.6 is 0 Å². The van der Waals surface area contributed by atoms with Gasteiger partial charge in [-0.3, -0.25) is 14.3 Å². The first kappa shape index (κ1) is 17.4. The number of carbonyl (C=O) groups excluding carboxylic acids is 2. The van der Waals surface area contributed by atoms with E-state index in [9.17, 15) is 9.59 Å². The van der Waals surface area contributed by atoms with Crippen LogP contribution in [0.2, 0.25) is 0 Å². The minimum absolute atomic E-state index is 0.118. The topological polar surface area (TPSA) is 102 Å². The highest BCUT2D eigenvalue weighted by atomic mass is 16.5. The van der Waals surface area contributed by atoms with E-state index in [2.05, 4.69) is 20.9 Å². The van der Waals surface area contributed by atoms with Crippen molar-refractivity contribution in [2.75, 3.05) is 12.4 Å². The zero-order valence-electron chi connectivity index (χ0n) is 14.7. The third-order valence-electron chi connectivity index (χ3n) is 3.85. The van der Waals surface area contributed by atoms with Crippen LogP contribution in [0, 0.1) is 6.92 Å². The van der Waals surface area contributed by atoms with E-state index in [0.29, 0.717) is 18.0 Å². The van der Waals surface area contributed by atoms with Gasteiger partial charge < -0.3 is 15.2 Å². The van der Waals surface area contributed by atoms with Crippen molar-refractivity contribution in [3.8, 4) is 11.3 Å². The molecule has 3 aromatic rings. The Balaban J connectivity index is 1.82. The van der Waals surface area contributed by atoms with E-state index in [1.165, 1.54) is 7.05 Å². The molecular weight excluding hydrogens is 334 g/mol. The van der Waals surface area contributed by atoms with Gasteiger partial charge in [-0.15, -0.1) is 0 Å². The Hall–Kier alpha value is -3.42. The smallest absolute Gasteiger partial charge is 0.277 e. The van der Waals surface area contributed by atoms with E-state index >= 15 is 0 Å². The second-order valence-corrected chi connectivity index (χ2v) is 5.72. The zero-order valence-corrected chi connectivity index (χ0v) is 14.7. The van der Waals surface area contributed by atoms with Crippen LogP contribution < -0.4 is 10.6 Å². The van der Waals surface area contributed by atoms with Gasteiger partial charge in [0.25, 0.3) is 11.8 Å². The Labute approximate surface area is 150 Å². The van der Waals surface area contributed by atoms with Gasteiger partial charge in [-0.25, -0.2) is 0 Å². The van der Waals surface area contributed by atoms with Crippen LogP contribution in [0.3, 0.4) is 0 Å². The molecule has 1 aromatic carbocycles. The van der Waals surface area contributed by atoms with E-state index in [4.69, 9.17) is 4.52 Å². The van der Waals surface area contributed by atoms with E-state index in [-0.39, 0.29) is 17.3 Å². The molecule has 2 amide bonds. The first-order chi connectivity index (χ1) is 12.5. The van der Waals surface area contributed by atoms with E-state index in [0.717, 1.165) is 11.1 Å². The van der Waals surface area contributed by atoms with E-state index < -0.39 is 5.91 Å². The fraction of sp³-hybridized carbons (Fsp3) is 0.222. The molecule has 2 N–H and O–H groups in total. The van der Waals surface area contributed by atoms with Gasteiger partial charge in [-0.05, 0) is 13.8 Å². The molecule has 134 valence electrons. The molecule has 8 nitrogen and oxygen atoms in total. The first-order valence-electron chi connectivity index (χ1n) is 8.16. The summed E-state index contributed by atoms with van der Waals surface area (Å²) in [6.45, 7) is 4.45. The van der Waals surface area contributed by atoms with Crippen molar-refractivity contribution < 1.29 is 14.1 Å². The molecule has 0 saturated carbocycles. The lowest BCUT2D eigenvalue weighted by Gasteiger charge is -2.01. The van der Waals surface area contributed by atoms with Crippen LogP contribution in [0.15, 0.2) is 41.1 Å². The fourth-order valence-corrected chi connectivity index (χ4v) is 2.38. The van der Waals surface area contributed by atoms with Crippen molar-refractivity contribution in [1.82, 2.24) is 20.3 Å². The monoisotopic (exact) mass is 353 g/mol. The molecule has 0 unspecified atom stereocenters. The second kappa shape index (κ2) is 7.22. The molecule has 0 fully saturated rings. The van der Waals surface area contributed by atoms with Crippen molar-refractivity contribution in [1.29, 1.82) is 0 Å².